The maximum absolute atomic E-state index is 11.8. The van der Waals surface area contributed by atoms with Crippen molar-refractivity contribution in [2.45, 2.75) is 37.9 Å². The molecule has 0 aliphatic heterocycles. The number of aryl methyl sites for hydroxylation is 2. The van der Waals surface area contributed by atoms with Crippen molar-refractivity contribution in [3.05, 3.63) is 35.7 Å². The standard InChI is InChI=1S/C15H18N4OS/c1-10-5-3-4-6-13(10)19-11(2)17-18-15(19)21-9-14(20)16-12-7-8-12/h3-6,12H,7-9H2,1-2H3,(H,16,20). The number of benzene rings is 1. The van der Waals surface area contributed by atoms with Crippen LogP contribution in [0.2, 0.25) is 0 Å². The fourth-order valence-electron chi connectivity index (χ4n) is 2.16. The Morgan fingerprint density at radius 2 is 2.10 bits per heavy atom. The van der Waals surface area contributed by atoms with Crippen LogP contribution in [0.4, 0.5) is 0 Å². The molecular formula is C15H18N4OS. The number of rotatable bonds is 5. The Morgan fingerprint density at radius 1 is 1.33 bits per heavy atom. The maximum Gasteiger partial charge on any atom is 0.230 e. The average Bonchev–Trinajstić information content (AvgIpc) is 3.20. The molecule has 6 heteroatoms. The quantitative estimate of drug-likeness (QED) is 0.861. The van der Waals surface area contributed by atoms with Gasteiger partial charge in [-0.3, -0.25) is 9.36 Å². The lowest BCUT2D eigenvalue weighted by Gasteiger charge is -2.11. The van der Waals surface area contributed by atoms with E-state index < -0.39 is 0 Å². The predicted molar refractivity (Wildman–Crippen MR) is 82.7 cm³/mol. The second-order valence-corrected chi connectivity index (χ2v) is 6.22. The normalized spacial score (nSPS) is 14.2. The molecule has 0 atom stereocenters. The van der Waals surface area contributed by atoms with Crippen LogP contribution in [0, 0.1) is 13.8 Å². The summed E-state index contributed by atoms with van der Waals surface area (Å²) in [5.74, 6) is 1.27. The Bertz CT molecular complexity index is 663. The summed E-state index contributed by atoms with van der Waals surface area (Å²) in [5.41, 5.74) is 2.22. The fourth-order valence-corrected chi connectivity index (χ4v) is 2.96. The van der Waals surface area contributed by atoms with Gasteiger partial charge in [-0.15, -0.1) is 10.2 Å². The molecule has 21 heavy (non-hydrogen) atoms. The lowest BCUT2D eigenvalue weighted by atomic mass is 10.2. The van der Waals surface area contributed by atoms with E-state index in [1.807, 2.05) is 29.7 Å². The van der Waals surface area contributed by atoms with Crippen LogP contribution in [-0.4, -0.2) is 32.5 Å². The molecule has 1 aliphatic carbocycles. The Morgan fingerprint density at radius 3 is 2.81 bits per heavy atom. The average molecular weight is 302 g/mol. The SMILES string of the molecule is Cc1ccccc1-n1c(C)nnc1SCC(=O)NC1CC1. The van der Waals surface area contributed by atoms with Crippen LogP contribution >= 0.6 is 11.8 Å². The lowest BCUT2D eigenvalue weighted by Crippen LogP contribution is -2.27. The molecule has 0 radical (unpaired) electrons. The molecule has 3 rings (SSSR count). The van der Waals surface area contributed by atoms with Crippen LogP contribution in [0.5, 0.6) is 0 Å². The third-order valence-corrected chi connectivity index (χ3v) is 4.36. The summed E-state index contributed by atoms with van der Waals surface area (Å²) in [6, 6.07) is 8.50. The van der Waals surface area contributed by atoms with Crippen molar-refractivity contribution in [2.75, 3.05) is 5.75 Å². The third kappa shape index (κ3) is 3.26. The van der Waals surface area contributed by atoms with Gasteiger partial charge in [0, 0.05) is 6.04 Å². The summed E-state index contributed by atoms with van der Waals surface area (Å²) in [4.78, 5) is 11.8. The number of amides is 1. The Kier molecular flexibility index (Phi) is 3.96. The van der Waals surface area contributed by atoms with Gasteiger partial charge in [0.1, 0.15) is 5.82 Å². The van der Waals surface area contributed by atoms with Crippen LogP contribution < -0.4 is 5.32 Å². The molecular weight excluding hydrogens is 284 g/mol. The van der Waals surface area contributed by atoms with Crippen molar-refractivity contribution in [3.63, 3.8) is 0 Å². The Hall–Kier alpha value is -1.82. The van der Waals surface area contributed by atoms with E-state index in [-0.39, 0.29) is 5.91 Å². The van der Waals surface area contributed by atoms with E-state index in [2.05, 4.69) is 28.5 Å². The van der Waals surface area contributed by atoms with Crippen molar-refractivity contribution >= 4 is 17.7 Å². The Labute approximate surface area is 128 Å². The minimum Gasteiger partial charge on any atom is -0.353 e. The molecule has 0 bridgehead atoms. The molecule has 1 aromatic heterocycles. The Balaban J connectivity index is 1.77. The number of nitrogens with one attached hydrogen (secondary N) is 1. The summed E-state index contributed by atoms with van der Waals surface area (Å²) >= 11 is 1.43. The number of para-hydroxylation sites is 1. The van der Waals surface area contributed by atoms with Crippen molar-refractivity contribution < 1.29 is 4.79 Å². The number of hydrogen-bond acceptors (Lipinski definition) is 4. The minimum atomic E-state index is 0.0690. The summed E-state index contributed by atoms with van der Waals surface area (Å²) < 4.78 is 2.00. The van der Waals surface area contributed by atoms with Gasteiger partial charge in [-0.25, -0.2) is 0 Å². The minimum absolute atomic E-state index is 0.0690. The first-order valence-electron chi connectivity index (χ1n) is 7.05. The summed E-state index contributed by atoms with van der Waals surface area (Å²) in [6.45, 7) is 3.98. The number of hydrogen-bond donors (Lipinski definition) is 1. The second-order valence-electron chi connectivity index (χ2n) is 5.28. The first kappa shape index (κ1) is 14.1. The van der Waals surface area contributed by atoms with Crippen molar-refractivity contribution in [1.82, 2.24) is 20.1 Å². The van der Waals surface area contributed by atoms with Gasteiger partial charge in [-0.1, -0.05) is 30.0 Å². The first-order valence-corrected chi connectivity index (χ1v) is 8.04. The highest BCUT2D eigenvalue weighted by molar-refractivity contribution is 7.99. The molecule has 1 saturated carbocycles. The molecule has 1 amide bonds. The number of carbonyl (C=O) groups excluding carboxylic acids is 1. The van der Waals surface area contributed by atoms with E-state index in [0.717, 1.165) is 35.1 Å². The zero-order chi connectivity index (χ0) is 14.8. The maximum atomic E-state index is 11.8. The number of aromatic nitrogens is 3. The van der Waals surface area contributed by atoms with E-state index in [4.69, 9.17) is 0 Å². The van der Waals surface area contributed by atoms with Gasteiger partial charge >= 0.3 is 0 Å². The smallest absolute Gasteiger partial charge is 0.230 e. The molecule has 0 spiro atoms. The first-order chi connectivity index (χ1) is 10.1. The van der Waals surface area contributed by atoms with E-state index in [1.165, 1.54) is 11.8 Å². The van der Waals surface area contributed by atoms with Crippen LogP contribution in [-0.2, 0) is 4.79 Å². The van der Waals surface area contributed by atoms with Crippen molar-refractivity contribution in [3.8, 4) is 5.69 Å². The lowest BCUT2D eigenvalue weighted by molar-refractivity contribution is -0.118. The summed E-state index contributed by atoms with van der Waals surface area (Å²) in [6.07, 6.45) is 2.21. The fraction of sp³-hybridized carbons (Fsp3) is 0.400. The molecule has 1 aromatic carbocycles. The second kappa shape index (κ2) is 5.89. The molecule has 1 fully saturated rings. The number of carbonyl (C=O) groups is 1. The largest absolute Gasteiger partial charge is 0.353 e. The van der Waals surface area contributed by atoms with E-state index in [9.17, 15) is 4.79 Å². The van der Waals surface area contributed by atoms with Gasteiger partial charge in [0.15, 0.2) is 5.16 Å². The molecule has 2 aromatic rings. The van der Waals surface area contributed by atoms with Crippen LogP contribution in [0.15, 0.2) is 29.4 Å². The summed E-state index contributed by atoms with van der Waals surface area (Å²) in [5, 5.41) is 12.1. The predicted octanol–water partition coefficient (Wildman–Crippen LogP) is 2.25. The molecule has 0 unspecified atom stereocenters. The highest BCUT2D eigenvalue weighted by atomic mass is 32.2. The van der Waals surface area contributed by atoms with E-state index in [0.29, 0.717) is 11.8 Å². The van der Waals surface area contributed by atoms with Gasteiger partial charge in [0.25, 0.3) is 0 Å². The van der Waals surface area contributed by atoms with Crippen LogP contribution in [0.3, 0.4) is 0 Å². The van der Waals surface area contributed by atoms with E-state index in [1.54, 1.807) is 0 Å². The third-order valence-electron chi connectivity index (χ3n) is 3.43. The topological polar surface area (TPSA) is 59.8 Å². The monoisotopic (exact) mass is 302 g/mol. The van der Waals surface area contributed by atoms with Gasteiger partial charge in [0.05, 0.1) is 11.4 Å². The van der Waals surface area contributed by atoms with Crippen molar-refractivity contribution in [2.24, 2.45) is 0 Å². The van der Waals surface area contributed by atoms with Gasteiger partial charge < -0.3 is 5.32 Å². The van der Waals surface area contributed by atoms with Gasteiger partial charge in [0.2, 0.25) is 5.91 Å². The van der Waals surface area contributed by atoms with Gasteiger partial charge in [-0.05, 0) is 38.3 Å². The molecule has 110 valence electrons. The summed E-state index contributed by atoms with van der Waals surface area (Å²) in [7, 11) is 0. The number of thioether (sulfide) groups is 1. The number of nitrogens with zero attached hydrogens (tertiary/aromatic N) is 3. The zero-order valence-electron chi connectivity index (χ0n) is 12.2. The van der Waals surface area contributed by atoms with Crippen LogP contribution in [0.25, 0.3) is 5.69 Å². The van der Waals surface area contributed by atoms with Crippen LogP contribution in [0.1, 0.15) is 24.2 Å². The van der Waals surface area contributed by atoms with Crippen molar-refractivity contribution in [1.29, 1.82) is 0 Å². The molecule has 5 nitrogen and oxygen atoms in total. The molecule has 0 saturated heterocycles. The zero-order valence-corrected chi connectivity index (χ0v) is 13.0. The highest BCUT2D eigenvalue weighted by Crippen LogP contribution is 2.24. The highest BCUT2D eigenvalue weighted by Gasteiger charge is 2.23. The van der Waals surface area contributed by atoms with Gasteiger partial charge in [-0.2, -0.15) is 0 Å². The molecule has 1 aliphatic rings. The molecule has 1 N–H and O–H groups in total. The molecule has 1 heterocycles. The van der Waals surface area contributed by atoms with E-state index >= 15 is 0 Å².